The van der Waals surface area contributed by atoms with Gasteiger partial charge in [0, 0.05) is 0 Å². The minimum atomic E-state index is -0.476. The standard InChI is InChI=1S/C24H15ClN2O3S/c1-14-5-4-6-16(11-14)23(29)30-20-10-9-15(12-17(20)25)13-21-22(28)27-19-8-3-2-7-18(19)26-24(27)31-21/h2-13H,1H3. The maximum Gasteiger partial charge on any atom is 0.343 e. The predicted molar refractivity (Wildman–Crippen MR) is 123 cm³/mol. The van der Waals surface area contributed by atoms with Crippen molar-refractivity contribution in [1.29, 1.82) is 0 Å². The first kappa shape index (κ1) is 19.5. The smallest absolute Gasteiger partial charge is 0.343 e. The molecule has 0 saturated heterocycles. The Morgan fingerprint density at radius 3 is 2.74 bits per heavy atom. The number of carbonyl (C=O) groups excluding carboxylic acids is 1. The Morgan fingerprint density at radius 2 is 1.94 bits per heavy atom. The summed E-state index contributed by atoms with van der Waals surface area (Å²) < 4.78 is 7.61. The molecular weight excluding hydrogens is 432 g/mol. The van der Waals surface area contributed by atoms with Gasteiger partial charge in [0.25, 0.3) is 5.56 Å². The zero-order chi connectivity index (χ0) is 21.5. The first-order valence-corrected chi connectivity index (χ1v) is 10.7. The van der Waals surface area contributed by atoms with E-state index < -0.39 is 5.97 Å². The molecule has 0 bridgehead atoms. The van der Waals surface area contributed by atoms with Crippen molar-refractivity contribution in [2.75, 3.05) is 0 Å². The Morgan fingerprint density at radius 1 is 1.10 bits per heavy atom. The number of ether oxygens (including phenoxy) is 1. The van der Waals surface area contributed by atoms with E-state index >= 15 is 0 Å². The summed E-state index contributed by atoms with van der Waals surface area (Å²) in [5, 5.41) is 0.286. The zero-order valence-corrected chi connectivity index (χ0v) is 17.9. The summed E-state index contributed by atoms with van der Waals surface area (Å²) in [7, 11) is 0. The Kier molecular flexibility index (Phi) is 4.81. The summed E-state index contributed by atoms with van der Waals surface area (Å²) in [5.41, 5.74) is 3.60. The number of thiazole rings is 1. The Labute approximate surface area is 185 Å². The highest BCUT2D eigenvalue weighted by Gasteiger charge is 2.13. The number of hydrogen-bond acceptors (Lipinski definition) is 5. The number of para-hydroxylation sites is 2. The van der Waals surface area contributed by atoms with Crippen LogP contribution in [0.25, 0.3) is 22.1 Å². The summed E-state index contributed by atoms with van der Waals surface area (Å²) in [6.45, 7) is 1.91. The lowest BCUT2D eigenvalue weighted by atomic mass is 10.1. The van der Waals surface area contributed by atoms with Crippen LogP contribution in [0.5, 0.6) is 5.75 Å². The number of aryl methyl sites for hydroxylation is 1. The van der Waals surface area contributed by atoms with Gasteiger partial charge in [0.1, 0.15) is 5.75 Å². The first-order valence-electron chi connectivity index (χ1n) is 9.50. The van der Waals surface area contributed by atoms with Crippen LogP contribution in [0.4, 0.5) is 0 Å². The average Bonchev–Trinajstić information content (AvgIpc) is 3.26. The van der Waals surface area contributed by atoms with E-state index in [1.807, 2.05) is 37.3 Å². The van der Waals surface area contributed by atoms with Gasteiger partial charge in [-0.2, -0.15) is 0 Å². The van der Waals surface area contributed by atoms with Crippen LogP contribution in [0.3, 0.4) is 0 Å². The monoisotopic (exact) mass is 446 g/mol. The normalized spacial score (nSPS) is 12.0. The number of nitrogens with zero attached hydrogens (tertiary/aromatic N) is 2. The molecule has 0 aliphatic heterocycles. The number of esters is 1. The van der Waals surface area contributed by atoms with Crippen molar-refractivity contribution in [3.63, 3.8) is 0 Å². The zero-order valence-electron chi connectivity index (χ0n) is 16.3. The van der Waals surface area contributed by atoms with Crippen molar-refractivity contribution in [1.82, 2.24) is 9.38 Å². The highest BCUT2D eigenvalue weighted by atomic mass is 35.5. The number of halogens is 1. The molecule has 0 fully saturated rings. The number of fused-ring (bicyclic) bond motifs is 3. The van der Waals surface area contributed by atoms with Gasteiger partial charge in [-0.25, -0.2) is 14.2 Å². The minimum absolute atomic E-state index is 0.125. The lowest BCUT2D eigenvalue weighted by molar-refractivity contribution is 0.0734. The summed E-state index contributed by atoms with van der Waals surface area (Å²) in [6, 6.07) is 19.7. The van der Waals surface area contributed by atoms with E-state index in [9.17, 15) is 9.59 Å². The summed E-state index contributed by atoms with van der Waals surface area (Å²) in [5.74, 6) is -0.213. The molecule has 0 radical (unpaired) electrons. The minimum Gasteiger partial charge on any atom is -0.421 e. The fourth-order valence-electron chi connectivity index (χ4n) is 3.38. The molecule has 0 saturated carbocycles. The molecule has 0 spiro atoms. The van der Waals surface area contributed by atoms with Crippen molar-refractivity contribution in [3.8, 4) is 5.75 Å². The third-order valence-corrected chi connectivity index (χ3v) is 6.12. The van der Waals surface area contributed by atoms with Crippen molar-refractivity contribution >= 4 is 51.0 Å². The molecule has 0 aliphatic carbocycles. The number of rotatable bonds is 3. The van der Waals surface area contributed by atoms with E-state index in [0.717, 1.165) is 22.2 Å². The molecular formula is C24H15ClN2O3S. The molecule has 0 amide bonds. The van der Waals surface area contributed by atoms with E-state index in [2.05, 4.69) is 4.98 Å². The van der Waals surface area contributed by atoms with E-state index in [0.29, 0.717) is 15.1 Å². The van der Waals surface area contributed by atoms with Crippen LogP contribution in [0.2, 0.25) is 5.02 Å². The van der Waals surface area contributed by atoms with Crippen LogP contribution in [-0.4, -0.2) is 15.4 Å². The molecule has 3 aromatic carbocycles. The maximum atomic E-state index is 12.9. The Bertz CT molecular complexity index is 1590. The van der Waals surface area contributed by atoms with Gasteiger partial charge in [0.2, 0.25) is 0 Å². The lowest BCUT2D eigenvalue weighted by Gasteiger charge is -2.07. The molecule has 0 unspecified atom stereocenters. The van der Waals surface area contributed by atoms with E-state index in [1.165, 1.54) is 11.3 Å². The number of benzene rings is 3. The van der Waals surface area contributed by atoms with Gasteiger partial charge in [0.15, 0.2) is 4.96 Å². The van der Waals surface area contributed by atoms with Gasteiger partial charge in [-0.1, -0.05) is 58.8 Å². The van der Waals surface area contributed by atoms with Gasteiger partial charge >= 0.3 is 5.97 Å². The van der Waals surface area contributed by atoms with Gasteiger partial charge in [0.05, 0.1) is 26.2 Å². The molecule has 5 nitrogen and oxygen atoms in total. The van der Waals surface area contributed by atoms with Crippen LogP contribution >= 0.6 is 22.9 Å². The number of hydrogen-bond donors (Lipinski definition) is 0. The van der Waals surface area contributed by atoms with Crippen molar-refractivity contribution < 1.29 is 9.53 Å². The maximum absolute atomic E-state index is 12.9. The predicted octanol–water partition coefficient (Wildman–Crippen LogP) is 4.64. The largest absolute Gasteiger partial charge is 0.421 e. The van der Waals surface area contributed by atoms with Crippen molar-refractivity contribution in [3.05, 3.63) is 103 Å². The topological polar surface area (TPSA) is 60.7 Å². The molecule has 2 aromatic heterocycles. The number of carbonyl (C=O) groups is 1. The van der Waals surface area contributed by atoms with Gasteiger partial charge in [-0.15, -0.1) is 0 Å². The third-order valence-electron chi connectivity index (χ3n) is 4.86. The summed E-state index contributed by atoms with van der Waals surface area (Å²) in [4.78, 5) is 30.4. The number of aromatic nitrogens is 2. The van der Waals surface area contributed by atoms with Crippen LogP contribution in [0, 0.1) is 6.92 Å². The van der Waals surface area contributed by atoms with Gasteiger partial charge in [-0.3, -0.25) is 4.79 Å². The summed E-state index contributed by atoms with van der Waals surface area (Å²) >= 11 is 7.66. The van der Waals surface area contributed by atoms with Crippen LogP contribution in [0.15, 0.2) is 71.5 Å². The van der Waals surface area contributed by atoms with Crippen LogP contribution < -0.4 is 14.8 Å². The lowest BCUT2D eigenvalue weighted by Crippen LogP contribution is -2.22. The molecule has 0 N–H and O–H groups in total. The first-order chi connectivity index (χ1) is 15.0. The molecule has 31 heavy (non-hydrogen) atoms. The second-order valence-corrected chi connectivity index (χ2v) is 8.50. The van der Waals surface area contributed by atoms with Gasteiger partial charge in [-0.05, 0) is 55.0 Å². The van der Waals surface area contributed by atoms with Crippen molar-refractivity contribution in [2.45, 2.75) is 6.92 Å². The average molecular weight is 447 g/mol. The molecule has 152 valence electrons. The van der Waals surface area contributed by atoms with Crippen molar-refractivity contribution in [2.24, 2.45) is 0 Å². The number of imidazole rings is 1. The fraction of sp³-hybridized carbons (Fsp3) is 0.0417. The van der Waals surface area contributed by atoms with Crippen LogP contribution in [0.1, 0.15) is 21.5 Å². The second kappa shape index (κ2) is 7.65. The Balaban J connectivity index is 1.47. The molecule has 2 heterocycles. The molecule has 0 aliphatic rings. The molecule has 5 aromatic rings. The van der Waals surface area contributed by atoms with Gasteiger partial charge < -0.3 is 4.74 Å². The van der Waals surface area contributed by atoms with E-state index in [4.69, 9.17) is 16.3 Å². The second-order valence-electron chi connectivity index (χ2n) is 7.08. The highest BCUT2D eigenvalue weighted by molar-refractivity contribution is 7.15. The van der Waals surface area contributed by atoms with Crippen LogP contribution in [-0.2, 0) is 0 Å². The van der Waals surface area contributed by atoms with E-state index in [-0.39, 0.29) is 16.3 Å². The van der Waals surface area contributed by atoms with E-state index in [1.54, 1.807) is 46.9 Å². The fourth-order valence-corrected chi connectivity index (χ4v) is 4.60. The quantitative estimate of drug-likeness (QED) is 0.299. The summed E-state index contributed by atoms with van der Waals surface area (Å²) in [6.07, 6.45) is 1.76. The SMILES string of the molecule is Cc1cccc(C(=O)Oc2ccc(C=c3sc4nc5ccccc5n4c3=O)cc2Cl)c1. The third kappa shape index (κ3) is 3.60. The molecule has 5 rings (SSSR count). The highest BCUT2D eigenvalue weighted by Crippen LogP contribution is 2.27. The molecule has 0 atom stereocenters. The Hall–Kier alpha value is -3.48. The molecule has 7 heteroatoms.